The maximum atomic E-state index is 11.5. The Labute approximate surface area is 150 Å². The summed E-state index contributed by atoms with van der Waals surface area (Å²) in [5, 5.41) is 23.4. The van der Waals surface area contributed by atoms with Crippen molar-refractivity contribution in [1.82, 2.24) is 5.32 Å². The van der Waals surface area contributed by atoms with E-state index in [9.17, 15) is 15.0 Å². The molecule has 0 aliphatic carbocycles. The van der Waals surface area contributed by atoms with Crippen molar-refractivity contribution in [2.75, 3.05) is 6.54 Å². The highest BCUT2D eigenvalue weighted by molar-refractivity contribution is 6.43. The number of carbonyl (C=O) groups is 1. The topological polar surface area (TPSA) is 78.8 Å². The normalized spacial score (nSPS) is 14.3. The summed E-state index contributed by atoms with van der Waals surface area (Å²) in [5.74, 6) is 0. The Morgan fingerprint density at radius 1 is 1.17 bits per heavy atom. The van der Waals surface area contributed by atoms with Crippen molar-refractivity contribution in [2.24, 2.45) is 0 Å². The van der Waals surface area contributed by atoms with Crippen molar-refractivity contribution in [2.45, 2.75) is 45.0 Å². The molecule has 0 fully saturated rings. The number of alkyl carbamates (subject to hydrolysis) is 1. The monoisotopic (exact) mass is 383 g/mol. The van der Waals surface area contributed by atoms with Crippen molar-refractivity contribution < 1.29 is 19.7 Å². The van der Waals surface area contributed by atoms with Crippen LogP contribution in [0.3, 0.4) is 0 Å². The third-order valence-electron chi connectivity index (χ3n) is 2.83. The van der Waals surface area contributed by atoms with Crippen molar-refractivity contribution in [3.05, 3.63) is 32.8 Å². The van der Waals surface area contributed by atoms with Gasteiger partial charge in [0, 0.05) is 17.1 Å². The number of aliphatic hydroxyl groups excluding tert-OH is 2. The standard InChI is InChI=1S/C15H20Cl3NO4/c1-15(2,3)23-14(22)19-5-4-12(20)13(21)8-6-10(17)11(18)7-9(8)16/h6-7,12-13,20-21H,4-5H2,1-3H3,(H,19,22). The minimum Gasteiger partial charge on any atom is -0.444 e. The minimum absolute atomic E-state index is 0.108. The van der Waals surface area contributed by atoms with E-state index in [-0.39, 0.29) is 33.6 Å². The largest absolute Gasteiger partial charge is 0.444 e. The second-order valence-corrected chi connectivity index (χ2v) is 7.24. The fourth-order valence-corrected chi connectivity index (χ4v) is 2.43. The van der Waals surface area contributed by atoms with Gasteiger partial charge in [-0.05, 0) is 39.3 Å². The molecule has 5 nitrogen and oxygen atoms in total. The summed E-state index contributed by atoms with van der Waals surface area (Å²) in [6, 6.07) is 2.80. The maximum Gasteiger partial charge on any atom is 0.407 e. The molecule has 23 heavy (non-hydrogen) atoms. The second kappa shape index (κ2) is 8.40. The van der Waals surface area contributed by atoms with Gasteiger partial charge in [-0.1, -0.05) is 34.8 Å². The number of hydrogen-bond donors (Lipinski definition) is 3. The van der Waals surface area contributed by atoms with E-state index < -0.39 is 23.9 Å². The van der Waals surface area contributed by atoms with Crippen molar-refractivity contribution in [3.63, 3.8) is 0 Å². The van der Waals surface area contributed by atoms with Crippen LogP contribution in [-0.4, -0.2) is 34.6 Å². The Balaban J connectivity index is 2.57. The van der Waals surface area contributed by atoms with Crippen LogP contribution in [0.2, 0.25) is 15.1 Å². The number of halogens is 3. The van der Waals surface area contributed by atoms with Crippen LogP contribution in [0.5, 0.6) is 0 Å². The summed E-state index contributed by atoms with van der Waals surface area (Å²) in [6.07, 6.45) is -2.87. The van der Waals surface area contributed by atoms with Gasteiger partial charge in [-0.3, -0.25) is 0 Å². The molecule has 0 heterocycles. The molecule has 2 atom stereocenters. The Morgan fingerprint density at radius 2 is 1.74 bits per heavy atom. The Morgan fingerprint density at radius 3 is 2.30 bits per heavy atom. The molecule has 1 aromatic carbocycles. The van der Waals surface area contributed by atoms with E-state index in [4.69, 9.17) is 39.5 Å². The Kier molecular flexibility index (Phi) is 7.42. The van der Waals surface area contributed by atoms with Gasteiger partial charge in [-0.25, -0.2) is 4.79 Å². The van der Waals surface area contributed by atoms with Crippen molar-refractivity contribution >= 4 is 40.9 Å². The average Bonchev–Trinajstić information content (AvgIpc) is 2.40. The molecule has 0 spiro atoms. The van der Waals surface area contributed by atoms with Crippen molar-refractivity contribution in [1.29, 1.82) is 0 Å². The smallest absolute Gasteiger partial charge is 0.407 e. The number of hydrogen-bond acceptors (Lipinski definition) is 4. The lowest BCUT2D eigenvalue weighted by Gasteiger charge is -2.22. The van der Waals surface area contributed by atoms with Crippen LogP contribution in [-0.2, 0) is 4.74 Å². The molecule has 0 aromatic heterocycles. The second-order valence-electron chi connectivity index (χ2n) is 6.02. The Hall–Kier alpha value is -0.720. The molecule has 0 bridgehead atoms. The van der Waals surface area contributed by atoms with Gasteiger partial charge in [0.1, 0.15) is 11.7 Å². The van der Waals surface area contributed by atoms with E-state index >= 15 is 0 Å². The molecule has 130 valence electrons. The van der Waals surface area contributed by atoms with Crippen molar-refractivity contribution in [3.8, 4) is 0 Å². The lowest BCUT2D eigenvalue weighted by molar-refractivity contribution is 0.0123. The van der Waals surface area contributed by atoms with Crippen LogP contribution in [0.4, 0.5) is 4.79 Å². The number of ether oxygens (including phenoxy) is 1. The van der Waals surface area contributed by atoms with Gasteiger partial charge in [0.25, 0.3) is 0 Å². The van der Waals surface area contributed by atoms with Crippen LogP contribution in [0.25, 0.3) is 0 Å². The molecule has 8 heteroatoms. The van der Waals surface area contributed by atoms with Crippen LogP contribution < -0.4 is 5.32 Å². The molecule has 1 amide bonds. The molecule has 0 saturated heterocycles. The molecule has 1 aromatic rings. The number of nitrogens with one attached hydrogen (secondary N) is 1. The highest BCUT2D eigenvalue weighted by Crippen LogP contribution is 2.33. The Bertz CT molecular complexity index is 560. The first kappa shape index (κ1) is 20.3. The highest BCUT2D eigenvalue weighted by Gasteiger charge is 2.22. The molecule has 0 aliphatic rings. The fourth-order valence-electron chi connectivity index (χ4n) is 1.77. The zero-order valence-corrected chi connectivity index (χ0v) is 15.3. The number of carbonyl (C=O) groups excluding carboxylic acids is 1. The first-order valence-corrected chi connectivity index (χ1v) is 8.12. The molecule has 1 rings (SSSR count). The third-order valence-corrected chi connectivity index (χ3v) is 3.88. The molecular weight excluding hydrogens is 365 g/mol. The molecule has 3 N–H and O–H groups in total. The highest BCUT2D eigenvalue weighted by atomic mass is 35.5. The fraction of sp³-hybridized carbons (Fsp3) is 0.533. The van der Waals surface area contributed by atoms with Gasteiger partial charge in [0.15, 0.2) is 0 Å². The van der Waals surface area contributed by atoms with Crippen LogP contribution in [0, 0.1) is 0 Å². The van der Waals surface area contributed by atoms with Crippen LogP contribution in [0.1, 0.15) is 38.9 Å². The third kappa shape index (κ3) is 6.73. The van der Waals surface area contributed by atoms with E-state index in [2.05, 4.69) is 5.32 Å². The molecular formula is C15H20Cl3NO4. The van der Waals surface area contributed by atoms with E-state index in [1.807, 2.05) is 0 Å². The predicted molar refractivity (Wildman–Crippen MR) is 91.3 cm³/mol. The van der Waals surface area contributed by atoms with Crippen LogP contribution in [0.15, 0.2) is 12.1 Å². The van der Waals surface area contributed by atoms with Gasteiger partial charge in [0.05, 0.1) is 16.1 Å². The number of benzene rings is 1. The molecule has 2 unspecified atom stereocenters. The number of amides is 1. The number of aliphatic hydroxyl groups is 2. The summed E-state index contributed by atoms with van der Waals surface area (Å²) >= 11 is 17.7. The van der Waals surface area contributed by atoms with E-state index in [0.717, 1.165) is 0 Å². The van der Waals surface area contributed by atoms with Gasteiger partial charge in [0.2, 0.25) is 0 Å². The first-order valence-electron chi connectivity index (χ1n) is 6.98. The molecule has 0 aliphatic heterocycles. The predicted octanol–water partition coefficient (Wildman–Crippen LogP) is 3.96. The van der Waals surface area contributed by atoms with Crippen LogP contribution >= 0.6 is 34.8 Å². The lowest BCUT2D eigenvalue weighted by Crippen LogP contribution is -2.34. The minimum atomic E-state index is -1.25. The van der Waals surface area contributed by atoms with Gasteiger partial charge < -0.3 is 20.3 Å². The summed E-state index contributed by atoms with van der Waals surface area (Å²) in [5.41, 5.74) is -0.332. The zero-order valence-electron chi connectivity index (χ0n) is 13.1. The van der Waals surface area contributed by atoms with E-state index in [1.54, 1.807) is 20.8 Å². The summed E-state index contributed by atoms with van der Waals surface area (Å²) in [7, 11) is 0. The lowest BCUT2D eigenvalue weighted by atomic mass is 10.0. The van der Waals surface area contributed by atoms with Gasteiger partial charge in [-0.2, -0.15) is 0 Å². The quantitative estimate of drug-likeness (QED) is 0.672. The van der Waals surface area contributed by atoms with Gasteiger partial charge >= 0.3 is 6.09 Å². The molecule has 0 radical (unpaired) electrons. The van der Waals surface area contributed by atoms with E-state index in [0.29, 0.717) is 0 Å². The summed E-state index contributed by atoms with van der Waals surface area (Å²) in [6.45, 7) is 5.37. The zero-order chi connectivity index (χ0) is 17.8. The maximum absolute atomic E-state index is 11.5. The first-order chi connectivity index (χ1) is 10.5. The summed E-state index contributed by atoms with van der Waals surface area (Å²) in [4.78, 5) is 11.5. The SMILES string of the molecule is CC(C)(C)OC(=O)NCCC(O)C(O)c1cc(Cl)c(Cl)cc1Cl. The average molecular weight is 385 g/mol. The number of rotatable bonds is 5. The van der Waals surface area contributed by atoms with E-state index in [1.165, 1.54) is 12.1 Å². The molecule has 0 saturated carbocycles. The summed E-state index contributed by atoms with van der Waals surface area (Å²) < 4.78 is 5.07. The van der Waals surface area contributed by atoms with Gasteiger partial charge in [-0.15, -0.1) is 0 Å².